The van der Waals surface area contributed by atoms with Crippen molar-refractivity contribution in [3.8, 4) is 33.9 Å². The van der Waals surface area contributed by atoms with E-state index in [1.807, 2.05) is 48.5 Å². The fraction of sp³-hybridized carbons (Fsp3) is 0.0571. The Morgan fingerprint density at radius 1 is 0.564 bits per heavy atom. The minimum Gasteiger partial charge on any atom is -0.455 e. The lowest BCUT2D eigenvalue weighted by Gasteiger charge is -2.27. The Kier molecular flexibility index (Phi) is 4.92. The Morgan fingerprint density at radius 3 is 1.95 bits per heavy atom. The van der Waals surface area contributed by atoms with Crippen LogP contribution in [0.25, 0.3) is 55.8 Å². The van der Waals surface area contributed by atoms with Crippen molar-refractivity contribution in [3.63, 3.8) is 0 Å². The third-order valence-electron chi connectivity index (χ3n) is 7.69. The molecule has 4 nitrogen and oxygen atoms in total. The first-order valence-corrected chi connectivity index (χ1v) is 13.2. The number of hydrogen-bond donors (Lipinski definition) is 0. The zero-order chi connectivity index (χ0) is 25.8. The summed E-state index contributed by atoms with van der Waals surface area (Å²) in [4.78, 5) is 15.1. The summed E-state index contributed by atoms with van der Waals surface area (Å²) in [5.41, 5.74) is 8.58. The van der Waals surface area contributed by atoms with Crippen LogP contribution >= 0.6 is 0 Å². The van der Waals surface area contributed by atoms with Crippen molar-refractivity contribution in [2.75, 3.05) is 0 Å². The van der Waals surface area contributed by atoms with Gasteiger partial charge in [-0.25, -0.2) is 15.0 Å². The summed E-state index contributed by atoms with van der Waals surface area (Å²) in [5, 5.41) is 2.26. The molecule has 0 saturated heterocycles. The first-order chi connectivity index (χ1) is 19.3. The van der Waals surface area contributed by atoms with Gasteiger partial charge in [0.05, 0.1) is 0 Å². The van der Waals surface area contributed by atoms with Gasteiger partial charge in [-0.15, -0.1) is 0 Å². The smallest absolute Gasteiger partial charge is 0.163 e. The molecule has 0 radical (unpaired) electrons. The standard InChI is InChI=1S/C35H23N3O/c1-3-11-22(12-4-1)33-36-34(23-13-5-2-6-14-23)38-35(37-33)29-21-24-15-7-8-16-25(24)31-27(29)19-20-28-26-17-9-10-18-30(26)39-32(28)31/h1-20,29H,21H2. The van der Waals surface area contributed by atoms with Crippen molar-refractivity contribution in [1.29, 1.82) is 0 Å². The monoisotopic (exact) mass is 501 g/mol. The summed E-state index contributed by atoms with van der Waals surface area (Å²) in [6, 6.07) is 41.6. The summed E-state index contributed by atoms with van der Waals surface area (Å²) >= 11 is 0. The topological polar surface area (TPSA) is 51.8 Å². The molecule has 1 unspecified atom stereocenters. The van der Waals surface area contributed by atoms with E-state index < -0.39 is 0 Å². The zero-order valence-corrected chi connectivity index (χ0v) is 21.1. The molecule has 0 aliphatic heterocycles. The molecule has 184 valence electrons. The van der Waals surface area contributed by atoms with Crippen LogP contribution in [0, 0.1) is 0 Å². The quantitative estimate of drug-likeness (QED) is 0.244. The molecule has 8 rings (SSSR count). The number of hydrogen-bond acceptors (Lipinski definition) is 4. The molecule has 5 aromatic carbocycles. The minimum atomic E-state index is -0.0413. The number of fused-ring (bicyclic) bond motifs is 7. The number of para-hydroxylation sites is 1. The summed E-state index contributed by atoms with van der Waals surface area (Å²) in [5.74, 6) is 2.10. The van der Waals surface area contributed by atoms with Gasteiger partial charge in [0.2, 0.25) is 0 Å². The van der Waals surface area contributed by atoms with E-state index in [9.17, 15) is 0 Å². The number of aromatic nitrogens is 3. The van der Waals surface area contributed by atoms with Crippen LogP contribution in [0.2, 0.25) is 0 Å². The maximum absolute atomic E-state index is 6.52. The number of nitrogens with zero attached hydrogens (tertiary/aromatic N) is 3. The molecule has 0 amide bonds. The fourth-order valence-corrected chi connectivity index (χ4v) is 5.86. The Hall–Kier alpha value is -5.09. The molecular formula is C35H23N3O. The fourth-order valence-electron chi connectivity index (χ4n) is 5.86. The summed E-state index contributed by atoms with van der Waals surface area (Å²) in [7, 11) is 0. The van der Waals surface area contributed by atoms with Crippen molar-refractivity contribution in [3.05, 3.63) is 138 Å². The van der Waals surface area contributed by atoms with Gasteiger partial charge in [-0.1, -0.05) is 115 Å². The third-order valence-corrected chi connectivity index (χ3v) is 7.69. The molecule has 0 spiro atoms. The lowest BCUT2D eigenvalue weighted by molar-refractivity contribution is 0.664. The lowest BCUT2D eigenvalue weighted by Crippen LogP contribution is -2.17. The van der Waals surface area contributed by atoms with Gasteiger partial charge in [-0.3, -0.25) is 0 Å². The highest BCUT2D eigenvalue weighted by Gasteiger charge is 2.31. The molecule has 0 N–H and O–H groups in total. The highest BCUT2D eigenvalue weighted by atomic mass is 16.3. The van der Waals surface area contributed by atoms with Crippen LogP contribution in [-0.2, 0) is 6.42 Å². The van der Waals surface area contributed by atoms with E-state index in [-0.39, 0.29) is 5.92 Å². The Balaban J connectivity index is 1.39. The lowest BCUT2D eigenvalue weighted by atomic mass is 9.77. The van der Waals surface area contributed by atoms with Gasteiger partial charge >= 0.3 is 0 Å². The average molecular weight is 502 g/mol. The van der Waals surface area contributed by atoms with Crippen molar-refractivity contribution in [2.24, 2.45) is 0 Å². The Bertz CT molecular complexity index is 1940. The Morgan fingerprint density at radius 2 is 1.21 bits per heavy atom. The summed E-state index contributed by atoms with van der Waals surface area (Å²) < 4.78 is 6.52. The Labute approximate surface area is 225 Å². The van der Waals surface area contributed by atoms with E-state index in [4.69, 9.17) is 19.4 Å². The molecule has 39 heavy (non-hydrogen) atoms. The predicted molar refractivity (Wildman–Crippen MR) is 155 cm³/mol. The van der Waals surface area contributed by atoms with Crippen LogP contribution in [0.5, 0.6) is 0 Å². The third kappa shape index (κ3) is 3.57. The molecule has 2 heterocycles. The first kappa shape index (κ1) is 21.9. The number of rotatable bonds is 3. The van der Waals surface area contributed by atoms with E-state index in [0.717, 1.165) is 50.9 Å². The van der Waals surface area contributed by atoms with Crippen molar-refractivity contribution in [2.45, 2.75) is 12.3 Å². The molecule has 0 saturated carbocycles. The van der Waals surface area contributed by atoms with Gasteiger partial charge in [-0.05, 0) is 29.2 Å². The molecular weight excluding hydrogens is 478 g/mol. The molecule has 1 aliphatic carbocycles. The average Bonchev–Trinajstić information content (AvgIpc) is 3.40. The summed E-state index contributed by atoms with van der Waals surface area (Å²) in [6.45, 7) is 0. The molecule has 4 heteroatoms. The van der Waals surface area contributed by atoms with Gasteiger partial charge in [0.15, 0.2) is 11.6 Å². The van der Waals surface area contributed by atoms with E-state index >= 15 is 0 Å². The van der Waals surface area contributed by atoms with Gasteiger partial charge in [0.1, 0.15) is 17.0 Å². The highest BCUT2D eigenvalue weighted by Crippen LogP contribution is 2.47. The molecule has 7 aromatic rings. The van der Waals surface area contributed by atoms with E-state index in [2.05, 4.69) is 72.8 Å². The van der Waals surface area contributed by atoms with Crippen LogP contribution in [0.3, 0.4) is 0 Å². The van der Waals surface area contributed by atoms with Gasteiger partial charge in [0, 0.05) is 33.4 Å². The zero-order valence-electron chi connectivity index (χ0n) is 21.1. The first-order valence-electron chi connectivity index (χ1n) is 13.2. The normalized spacial score (nSPS) is 14.3. The van der Waals surface area contributed by atoms with Gasteiger partial charge in [0.25, 0.3) is 0 Å². The summed E-state index contributed by atoms with van der Waals surface area (Å²) in [6.07, 6.45) is 0.807. The maximum Gasteiger partial charge on any atom is 0.163 e. The van der Waals surface area contributed by atoms with Crippen LogP contribution in [0.1, 0.15) is 22.9 Å². The predicted octanol–water partition coefficient (Wildman–Crippen LogP) is 8.46. The van der Waals surface area contributed by atoms with Gasteiger partial charge in [-0.2, -0.15) is 0 Å². The van der Waals surface area contributed by atoms with Gasteiger partial charge < -0.3 is 4.42 Å². The van der Waals surface area contributed by atoms with Crippen molar-refractivity contribution in [1.82, 2.24) is 15.0 Å². The number of furan rings is 1. The van der Waals surface area contributed by atoms with Crippen molar-refractivity contribution >= 4 is 21.9 Å². The van der Waals surface area contributed by atoms with Crippen LogP contribution in [0.15, 0.2) is 126 Å². The number of benzene rings is 5. The second-order valence-corrected chi connectivity index (χ2v) is 9.99. The maximum atomic E-state index is 6.52. The van der Waals surface area contributed by atoms with Crippen LogP contribution in [0.4, 0.5) is 0 Å². The molecule has 1 atom stereocenters. The minimum absolute atomic E-state index is 0.0413. The largest absolute Gasteiger partial charge is 0.455 e. The highest BCUT2D eigenvalue weighted by molar-refractivity contribution is 6.10. The van der Waals surface area contributed by atoms with E-state index in [0.29, 0.717) is 11.6 Å². The van der Waals surface area contributed by atoms with Crippen LogP contribution in [-0.4, -0.2) is 15.0 Å². The van der Waals surface area contributed by atoms with Crippen LogP contribution < -0.4 is 0 Å². The van der Waals surface area contributed by atoms with E-state index in [1.165, 1.54) is 16.7 Å². The SMILES string of the molecule is c1ccc(-c2nc(-c3ccccc3)nc(C3Cc4ccccc4-c4c3ccc3c4oc4ccccc43)n2)cc1. The second-order valence-electron chi connectivity index (χ2n) is 9.99. The second kappa shape index (κ2) is 8.74. The molecule has 0 bridgehead atoms. The molecule has 2 aromatic heterocycles. The molecule has 1 aliphatic rings. The molecule has 0 fully saturated rings. The van der Waals surface area contributed by atoms with Crippen molar-refractivity contribution < 1.29 is 4.42 Å². The van der Waals surface area contributed by atoms with E-state index in [1.54, 1.807) is 0 Å².